The molecule has 0 bridgehead atoms. The molecule has 1 fully saturated rings. The average Bonchev–Trinajstić information content (AvgIpc) is 3.37. The SMILES string of the molecule is COc1cc(C)c(/C(O)=C2\C(=O)C(=O)N(c3cccc(OC(F)(F)F)c3)C2c2ccc(C)o2)cc1C(C)C. The fraction of sp³-hybridized carbons (Fsp3) is 0.286. The Labute approximate surface area is 217 Å². The summed E-state index contributed by atoms with van der Waals surface area (Å²) >= 11 is 0. The number of ketones is 1. The molecule has 0 aliphatic carbocycles. The molecule has 0 saturated carbocycles. The van der Waals surface area contributed by atoms with E-state index in [0.717, 1.165) is 22.6 Å². The first-order valence-corrected chi connectivity index (χ1v) is 11.7. The summed E-state index contributed by atoms with van der Waals surface area (Å²) < 4.78 is 53.8. The molecular formula is C28H26F3NO6. The van der Waals surface area contributed by atoms with Crippen molar-refractivity contribution in [1.29, 1.82) is 0 Å². The topological polar surface area (TPSA) is 89.2 Å². The summed E-state index contributed by atoms with van der Waals surface area (Å²) in [5.74, 6) is -1.81. The number of aliphatic hydroxyl groups is 1. The van der Waals surface area contributed by atoms with Crippen molar-refractivity contribution in [3.05, 3.63) is 82.3 Å². The van der Waals surface area contributed by atoms with Gasteiger partial charge >= 0.3 is 6.36 Å². The lowest BCUT2D eigenvalue weighted by Gasteiger charge is -2.24. The smallest absolute Gasteiger partial charge is 0.507 e. The fourth-order valence-corrected chi connectivity index (χ4v) is 4.53. The van der Waals surface area contributed by atoms with Crippen LogP contribution in [-0.2, 0) is 9.59 Å². The molecule has 200 valence electrons. The highest BCUT2D eigenvalue weighted by Crippen LogP contribution is 2.44. The zero-order valence-electron chi connectivity index (χ0n) is 21.3. The van der Waals surface area contributed by atoms with Crippen molar-refractivity contribution in [3.8, 4) is 11.5 Å². The lowest BCUT2D eigenvalue weighted by Crippen LogP contribution is -2.29. The number of Topliss-reactive ketones (excluding diaryl/α,β-unsaturated/α-hetero) is 1. The molecule has 2 heterocycles. The van der Waals surface area contributed by atoms with Gasteiger partial charge in [0.15, 0.2) is 0 Å². The van der Waals surface area contributed by atoms with E-state index in [0.29, 0.717) is 22.6 Å². The summed E-state index contributed by atoms with van der Waals surface area (Å²) in [5, 5.41) is 11.5. The van der Waals surface area contributed by atoms with E-state index < -0.39 is 35.6 Å². The van der Waals surface area contributed by atoms with Crippen LogP contribution in [0.2, 0.25) is 0 Å². The largest absolute Gasteiger partial charge is 0.573 e. The summed E-state index contributed by atoms with van der Waals surface area (Å²) in [5.41, 5.74) is 1.38. The van der Waals surface area contributed by atoms with E-state index in [-0.39, 0.29) is 22.9 Å². The first-order chi connectivity index (χ1) is 17.8. The summed E-state index contributed by atoms with van der Waals surface area (Å²) in [6.07, 6.45) is -4.95. The van der Waals surface area contributed by atoms with Gasteiger partial charge in [-0.15, -0.1) is 13.2 Å². The maximum Gasteiger partial charge on any atom is 0.573 e. The fourth-order valence-electron chi connectivity index (χ4n) is 4.53. The maximum atomic E-state index is 13.4. The van der Waals surface area contributed by atoms with Crippen LogP contribution >= 0.6 is 0 Å². The second-order valence-electron chi connectivity index (χ2n) is 9.23. The predicted molar refractivity (Wildman–Crippen MR) is 133 cm³/mol. The number of nitrogens with zero attached hydrogens (tertiary/aromatic N) is 1. The van der Waals surface area contributed by atoms with Crippen LogP contribution in [0.15, 0.2) is 58.5 Å². The van der Waals surface area contributed by atoms with Gasteiger partial charge in [-0.1, -0.05) is 19.9 Å². The van der Waals surface area contributed by atoms with Gasteiger partial charge in [0.25, 0.3) is 11.7 Å². The molecule has 1 amide bonds. The summed E-state index contributed by atoms with van der Waals surface area (Å²) in [7, 11) is 1.53. The van der Waals surface area contributed by atoms with Gasteiger partial charge in [0.2, 0.25) is 0 Å². The second-order valence-corrected chi connectivity index (χ2v) is 9.23. The van der Waals surface area contributed by atoms with Crippen LogP contribution in [0.5, 0.6) is 11.5 Å². The van der Waals surface area contributed by atoms with Crippen LogP contribution in [0, 0.1) is 13.8 Å². The van der Waals surface area contributed by atoms with Gasteiger partial charge in [0, 0.05) is 17.3 Å². The minimum atomic E-state index is -4.95. The van der Waals surface area contributed by atoms with Gasteiger partial charge in [-0.05, 0) is 67.3 Å². The van der Waals surface area contributed by atoms with Gasteiger partial charge < -0.3 is 19.0 Å². The van der Waals surface area contributed by atoms with Gasteiger partial charge in [-0.3, -0.25) is 14.5 Å². The molecule has 2 aromatic carbocycles. The Morgan fingerprint density at radius 2 is 1.79 bits per heavy atom. The van der Waals surface area contributed by atoms with E-state index in [1.165, 1.54) is 19.2 Å². The number of rotatable bonds is 6. The molecule has 1 aliphatic rings. The number of benzene rings is 2. The minimum absolute atomic E-state index is 0.0133. The monoisotopic (exact) mass is 529 g/mol. The number of methoxy groups -OCH3 is 1. The number of ether oxygens (including phenoxy) is 2. The normalized spacial score (nSPS) is 17.4. The predicted octanol–water partition coefficient (Wildman–Crippen LogP) is 6.55. The molecule has 1 N–H and O–H groups in total. The van der Waals surface area contributed by atoms with E-state index in [9.17, 15) is 27.9 Å². The molecule has 38 heavy (non-hydrogen) atoms. The Hall–Kier alpha value is -4.21. The van der Waals surface area contributed by atoms with E-state index in [1.807, 2.05) is 13.8 Å². The first kappa shape index (κ1) is 26.8. The highest BCUT2D eigenvalue weighted by Gasteiger charge is 2.49. The number of carbonyl (C=O) groups is 2. The summed E-state index contributed by atoms with van der Waals surface area (Å²) in [6, 6.07) is 10.1. The van der Waals surface area contributed by atoms with Crippen LogP contribution in [0.4, 0.5) is 18.9 Å². The number of carbonyl (C=O) groups excluding carboxylic acids is 2. The number of aryl methyl sites for hydroxylation is 2. The van der Waals surface area contributed by atoms with Crippen molar-refractivity contribution in [2.75, 3.05) is 12.0 Å². The summed E-state index contributed by atoms with van der Waals surface area (Å²) in [4.78, 5) is 27.7. The second kappa shape index (κ2) is 9.92. The lowest BCUT2D eigenvalue weighted by atomic mass is 9.92. The first-order valence-electron chi connectivity index (χ1n) is 11.7. The molecule has 4 rings (SSSR count). The average molecular weight is 530 g/mol. The highest BCUT2D eigenvalue weighted by molar-refractivity contribution is 6.51. The number of hydrogen-bond donors (Lipinski definition) is 1. The molecule has 3 aromatic rings. The van der Waals surface area contributed by atoms with Crippen LogP contribution in [-0.4, -0.2) is 30.3 Å². The number of aliphatic hydroxyl groups excluding tert-OH is 1. The Morgan fingerprint density at radius 3 is 2.37 bits per heavy atom. The molecule has 1 atom stereocenters. The Kier molecular flexibility index (Phi) is 7.01. The van der Waals surface area contributed by atoms with Crippen molar-refractivity contribution in [3.63, 3.8) is 0 Å². The third-order valence-electron chi connectivity index (χ3n) is 6.26. The Balaban J connectivity index is 1.93. The highest BCUT2D eigenvalue weighted by atomic mass is 19.4. The van der Waals surface area contributed by atoms with Gasteiger partial charge in [-0.2, -0.15) is 0 Å². The quantitative estimate of drug-likeness (QED) is 0.221. The molecule has 0 radical (unpaired) electrons. The molecule has 1 unspecified atom stereocenters. The van der Waals surface area contributed by atoms with Gasteiger partial charge in [0.05, 0.1) is 12.7 Å². The molecular weight excluding hydrogens is 503 g/mol. The Morgan fingerprint density at radius 1 is 1.08 bits per heavy atom. The number of hydrogen-bond acceptors (Lipinski definition) is 6. The van der Waals surface area contributed by atoms with Crippen molar-refractivity contribution in [2.24, 2.45) is 0 Å². The van der Waals surface area contributed by atoms with Gasteiger partial charge in [0.1, 0.15) is 34.8 Å². The van der Waals surface area contributed by atoms with Crippen LogP contribution in [0.3, 0.4) is 0 Å². The molecule has 10 heteroatoms. The van der Waals surface area contributed by atoms with E-state index in [2.05, 4.69) is 4.74 Å². The third kappa shape index (κ3) is 4.98. The van der Waals surface area contributed by atoms with Crippen molar-refractivity contribution >= 4 is 23.1 Å². The van der Waals surface area contributed by atoms with E-state index in [1.54, 1.807) is 38.1 Å². The van der Waals surface area contributed by atoms with Crippen LogP contribution in [0.1, 0.15) is 54.0 Å². The van der Waals surface area contributed by atoms with Gasteiger partial charge in [-0.25, -0.2) is 0 Å². The van der Waals surface area contributed by atoms with Crippen molar-refractivity contribution in [1.82, 2.24) is 0 Å². The number of anilines is 1. The number of alkyl halides is 3. The van der Waals surface area contributed by atoms with Crippen molar-refractivity contribution in [2.45, 2.75) is 46.0 Å². The minimum Gasteiger partial charge on any atom is -0.507 e. The zero-order chi connectivity index (χ0) is 27.9. The number of furan rings is 1. The van der Waals surface area contributed by atoms with E-state index >= 15 is 0 Å². The molecule has 1 aliphatic heterocycles. The van der Waals surface area contributed by atoms with Crippen LogP contribution in [0.25, 0.3) is 5.76 Å². The number of amides is 1. The zero-order valence-corrected chi connectivity index (χ0v) is 21.3. The Bertz CT molecular complexity index is 1440. The maximum absolute atomic E-state index is 13.4. The molecule has 1 saturated heterocycles. The molecule has 1 aromatic heterocycles. The molecule has 7 nitrogen and oxygen atoms in total. The van der Waals surface area contributed by atoms with E-state index in [4.69, 9.17) is 9.15 Å². The third-order valence-corrected chi connectivity index (χ3v) is 6.26. The summed E-state index contributed by atoms with van der Waals surface area (Å²) in [6.45, 7) is 7.27. The molecule has 0 spiro atoms. The van der Waals surface area contributed by atoms with Crippen LogP contribution < -0.4 is 14.4 Å². The number of halogens is 3. The standard InChI is InChI=1S/C28H26F3NO6/c1-14(2)19-13-20(15(3)11-22(19)36-5)25(33)23-24(21-10-9-16(4)37-21)32(27(35)26(23)34)17-7-6-8-18(12-17)38-28(29,30)31/h6-14,24,33H,1-5H3/b25-23+. The lowest BCUT2D eigenvalue weighted by molar-refractivity contribution is -0.274. The van der Waals surface area contributed by atoms with Crippen molar-refractivity contribution < 1.29 is 41.8 Å².